The van der Waals surface area contributed by atoms with E-state index >= 15 is 0 Å². The van der Waals surface area contributed by atoms with Crippen molar-refractivity contribution in [3.63, 3.8) is 0 Å². The summed E-state index contributed by atoms with van der Waals surface area (Å²) in [5.41, 5.74) is 1.51. The number of likely N-dealkylation sites (tertiary alicyclic amines) is 1. The second kappa shape index (κ2) is 6.31. The highest BCUT2D eigenvalue weighted by Gasteiger charge is 2.34. The zero-order valence-corrected chi connectivity index (χ0v) is 13.2. The minimum absolute atomic E-state index is 0.256. The van der Waals surface area contributed by atoms with Gasteiger partial charge in [-0.2, -0.15) is 0 Å². The zero-order chi connectivity index (χ0) is 15.6. The lowest BCUT2D eigenvalue weighted by atomic mass is 10.3. The average molecular weight is 333 g/mol. The van der Waals surface area contributed by atoms with Crippen molar-refractivity contribution in [1.82, 2.24) is 24.8 Å². The number of rotatable bonds is 5. The van der Waals surface area contributed by atoms with E-state index in [2.05, 4.69) is 19.9 Å². The summed E-state index contributed by atoms with van der Waals surface area (Å²) >= 11 is 1.59. The number of pyridine rings is 1. The molecule has 0 aliphatic carbocycles. The summed E-state index contributed by atoms with van der Waals surface area (Å²) in [7, 11) is 0. The Balaban J connectivity index is 1.35. The molecule has 0 amide bonds. The van der Waals surface area contributed by atoms with Gasteiger partial charge in [0.15, 0.2) is 5.65 Å². The van der Waals surface area contributed by atoms with Gasteiger partial charge in [0, 0.05) is 30.9 Å². The highest BCUT2D eigenvalue weighted by molar-refractivity contribution is 7.09. The van der Waals surface area contributed by atoms with Crippen LogP contribution in [0.3, 0.4) is 0 Å². The Morgan fingerprint density at radius 3 is 3.13 bits per heavy atom. The van der Waals surface area contributed by atoms with Gasteiger partial charge >= 0.3 is 0 Å². The van der Waals surface area contributed by atoms with E-state index in [1.54, 1.807) is 23.7 Å². The second-order valence-electron chi connectivity index (χ2n) is 5.54. The molecule has 3 aromatic heterocycles. The van der Waals surface area contributed by atoms with Crippen molar-refractivity contribution in [1.29, 1.82) is 0 Å². The molecule has 2 atom stereocenters. The first kappa shape index (κ1) is 14.7. The van der Waals surface area contributed by atoms with E-state index in [0.717, 1.165) is 10.5 Å². The molecule has 0 radical (unpaired) electrons. The quantitative estimate of drug-likeness (QED) is 0.775. The predicted molar refractivity (Wildman–Crippen MR) is 84.8 cm³/mol. The third kappa shape index (κ3) is 3.24. The number of halogens is 1. The molecule has 23 heavy (non-hydrogen) atoms. The Bertz CT molecular complexity index is 744. The number of nitrogens with one attached hydrogen (secondary N) is 1. The highest BCUT2D eigenvalue weighted by atomic mass is 32.1. The lowest BCUT2D eigenvalue weighted by molar-refractivity contribution is 0.00863. The van der Waals surface area contributed by atoms with Gasteiger partial charge in [-0.15, -0.1) is 11.3 Å². The molecule has 1 aliphatic rings. The van der Waals surface area contributed by atoms with Gasteiger partial charge in [-0.3, -0.25) is 4.90 Å². The Morgan fingerprint density at radius 2 is 2.30 bits per heavy atom. The monoisotopic (exact) mass is 333 g/mol. The smallest absolute Gasteiger partial charge is 0.177 e. The number of thiazole rings is 1. The maximum absolute atomic E-state index is 14.1. The number of hydrogen-bond acceptors (Lipinski definition) is 6. The zero-order valence-electron chi connectivity index (χ0n) is 12.4. The Kier molecular flexibility index (Phi) is 4.02. The summed E-state index contributed by atoms with van der Waals surface area (Å²) in [5, 5.41) is 2.93. The third-order valence-corrected chi connectivity index (χ3v) is 4.62. The van der Waals surface area contributed by atoms with Crippen molar-refractivity contribution < 1.29 is 9.13 Å². The van der Waals surface area contributed by atoms with Crippen LogP contribution in [0.1, 0.15) is 10.8 Å². The molecule has 0 saturated carbocycles. The van der Waals surface area contributed by atoms with Crippen LogP contribution in [0.25, 0.3) is 11.2 Å². The standard InChI is InChI=1S/C15H16FN5OS/c16-10-6-21(8-14-17-4-5-23-14)7-12(10)22-9-13-19-11-2-1-3-18-15(11)20-13/h1-5,10,12H,6-9H2,(H,18,19,20)/t10-,12+/m1/s1. The fourth-order valence-electron chi connectivity index (χ4n) is 2.77. The molecule has 1 aliphatic heterocycles. The van der Waals surface area contributed by atoms with Crippen LogP contribution < -0.4 is 0 Å². The molecule has 8 heteroatoms. The molecule has 120 valence electrons. The molecule has 1 fully saturated rings. The summed E-state index contributed by atoms with van der Waals surface area (Å²) in [6.07, 6.45) is 2.04. The Morgan fingerprint density at radius 1 is 1.35 bits per heavy atom. The van der Waals surface area contributed by atoms with E-state index < -0.39 is 12.3 Å². The van der Waals surface area contributed by atoms with Crippen LogP contribution in [0.5, 0.6) is 0 Å². The minimum atomic E-state index is -0.988. The first-order valence-corrected chi connectivity index (χ1v) is 8.32. The van der Waals surface area contributed by atoms with Gasteiger partial charge in [0.1, 0.15) is 29.7 Å². The molecule has 1 saturated heterocycles. The van der Waals surface area contributed by atoms with Crippen LogP contribution in [0.4, 0.5) is 4.39 Å². The molecule has 6 nitrogen and oxygen atoms in total. The van der Waals surface area contributed by atoms with Crippen molar-refractivity contribution in [2.24, 2.45) is 0 Å². The van der Waals surface area contributed by atoms with Crippen molar-refractivity contribution in [3.8, 4) is 0 Å². The van der Waals surface area contributed by atoms with Gasteiger partial charge in [-0.05, 0) is 12.1 Å². The number of fused-ring (bicyclic) bond motifs is 1. The lowest BCUT2D eigenvalue weighted by Crippen LogP contribution is -2.24. The molecular formula is C15H16FN5OS. The Labute approximate surface area is 136 Å². The van der Waals surface area contributed by atoms with Crippen LogP contribution >= 0.6 is 11.3 Å². The van der Waals surface area contributed by atoms with E-state index in [0.29, 0.717) is 31.1 Å². The highest BCUT2D eigenvalue weighted by Crippen LogP contribution is 2.21. The van der Waals surface area contributed by atoms with Gasteiger partial charge in [-0.25, -0.2) is 19.3 Å². The van der Waals surface area contributed by atoms with Crippen molar-refractivity contribution in [3.05, 3.63) is 40.7 Å². The van der Waals surface area contributed by atoms with Gasteiger partial charge in [-0.1, -0.05) is 0 Å². The van der Waals surface area contributed by atoms with Crippen molar-refractivity contribution >= 4 is 22.5 Å². The summed E-state index contributed by atoms with van der Waals surface area (Å²) in [4.78, 5) is 17.9. The topological polar surface area (TPSA) is 66.9 Å². The average Bonchev–Trinajstić information content (AvgIpc) is 3.25. The number of H-pyrrole nitrogens is 1. The van der Waals surface area contributed by atoms with E-state index in [-0.39, 0.29) is 6.61 Å². The number of alkyl halides is 1. The lowest BCUT2D eigenvalue weighted by Gasteiger charge is -2.14. The van der Waals surface area contributed by atoms with Crippen LogP contribution in [-0.4, -0.2) is 50.2 Å². The van der Waals surface area contributed by atoms with Crippen LogP contribution in [0.15, 0.2) is 29.9 Å². The number of imidazole rings is 1. The molecule has 0 aromatic carbocycles. The van der Waals surface area contributed by atoms with Gasteiger partial charge in [0.05, 0.1) is 12.1 Å². The SMILES string of the molecule is F[C@@H]1CN(Cc2nccs2)C[C@@H]1OCc1nc2ncccc2[nH]1. The van der Waals surface area contributed by atoms with Gasteiger partial charge < -0.3 is 9.72 Å². The molecule has 3 aromatic rings. The Hall–Kier alpha value is -1.90. The summed E-state index contributed by atoms with van der Waals surface area (Å²) in [5.74, 6) is 0.671. The maximum atomic E-state index is 14.1. The first-order chi connectivity index (χ1) is 11.3. The van der Waals surface area contributed by atoms with Crippen molar-refractivity contribution in [2.75, 3.05) is 13.1 Å². The fourth-order valence-corrected chi connectivity index (χ4v) is 3.42. The summed E-state index contributed by atoms with van der Waals surface area (Å²) < 4.78 is 19.9. The normalized spacial score (nSPS) is 22.1. The van der Waals surface area contributed by atoms with E-state index in [1.165, 1.54) is 0 Å². The molecule has 0 spiro atoms. The first-order valence-electron chi connectivity index (χ1n) is 7.44. The largest absolute Gasteiger partial charge is 0.366 e. The number of ether oxygens (including phenoxy) is 1. The van der Waals surface area contributed by atoms with Gasteiger partial charge in [0.2, 0.25) is 0 Å². The summed E-state index contributed by atoms with van der Waals surface area (Å²) in [6, 6.07) is 3.75. The van der Waals surface area contributed by atoms with Crippen LogP contribution in [0, 0.1) is 0 Å². The molecule has 0 bridgehead atoms. The maximum Gasteiger partial charge on any atom is 0.177 e. The molecule has 4 rings (SSSR count). The van der Waals surface area contributed by atoms with Crippen LogP contribution in [0.2, 0.25) is 0 Å². The second-order valence-corrected chi connectivity index (χ2v) is 6.52. The molecular weight excluding hydrogens is 317 g/mol. The van der Waals surface area contributed by atoms with Gasteiger partial charge in [0.25, 0.3) is 0 Å². The molecule has 0 unspecified atom stereocenters. The third-order valence-electron chi connectivity index (χ3n) is 3.86. The number of aromatic nitrogens is 4. The fraction of sp³-hybridized carbons (Fsp3) is 0.400. The van der Waals surface area contributed by atoms with Crippen LogP contribution in [-0.2, 0) is 17.9 Å². The number of nitrogens with zero attached hydrogens (tertiary/aromatic N) is 4. The number of hydrogen-bond donors (Lipinski definition) is 1. The van der Waals surface area contributed by atoms with E-state index in [9.17, 15) is 4.39 Å². The molecule has 1 N–H and O–H groups in total. The van der Waals surface area contributed by atoms with E-state index in [1.807, 2.05) is 22.4 Å². The number of aromatic amines is 1. The minimum Gasteiger partial charge on any atom is -0.366 e. The predicted octanol–water partition coefficient (Wildman–Crippen LogP) is 2.15. The summed E-state index contributed by atoms with van der Waals surface area (Å²) in [6.45, 7) is 1.88. The van der Waals surface area contributed by atoms with Crippen molar-refractivity contribution in [2.45, 2.75) is 25.4 Å². The molecule has 4 heterocycles. The van der Waals surface area contributed by atoms with E-state index in [4.69, 9.17) is 4.74 Å².